The molecule has 0 radical (unpaired) electrons. The fraction of sp³-hybridized carbons (Fsp3) is 1.00. The van der Waals surface area contributed by atoms with Gasteiger partial charge in [-0.1, -0.05) is 0 Å². The van der Waals surface area contributed by atoms with E-state index >= 15 is 0 Å². The van der Waals surface area contributed by atoms with Crippen LogP contribution >= 0.6 is 0 Å². The molecule has 1 saturated heterocycles. The van der Waals surface area contributed by atoms with Gasteiger partial charge in [-0.05, 0) is 12.8 Å². The second-order valence-corrected chi connectivity index (χ2v) is 2.48. The maximum absolute atomic E-state index is 8.93. The molecule has 0 unspecified atom stereocenters. The molecular weight excluding hydrogens is 136 g/mol. The van der Waals surface area contributed by atoms with E-state index in [0.717, 1.165) is 0 Å². The molecule has 4 nitrogen and oxygen atoms in total. The summed E-state index contributed by atoms with van der Waals surface area (Å²) >= 11 is 0. The van der Waals surface area contributed by atoms with Gasteiger partial charge in [0.25, 0.3) is 0 Å². The van der Waals surface area contributed by atoms with Crippen LogP contribution in [0.4, 0.5) is 0 Å². The van der Waals surface area contributed by atoms with E-state index < -0.39 is 12.4 Å². The molecule has 1 rings (SSSR count). The quantitative estimate of drug-likeness (QED) is 0.438. The monoisotopic (exact) mass is 148 g/mol. The lowest BCUT2D eigenvalue weighted by Crippen LogP contribution is -2.39. The highest BCUT2D eigenvalue weighted by Crippen LogP contribution is 2.17. The Balaban J connectivity index is 2.33. The molecule has 1 aliphatic rings. The van der Waals surface area contributed by atoms with Crippen LogP contribution in [0, 0.1) is 0 Å². The summed E-state index contributed by atoms with van der Waals surface area (Å²) in [6.07, 6.45) is -1.12. The number of aliphatic hydroxyl groups excluding tert-OH is 3. The first-order valence-electron chi connectivity index (χ1n) is 3.36. The topological polar surface area (TPSA) is 69.9 Å². The van der Waals surface area contributed by atoms with E-state index in [1.54, 1.807) is 0 Å². The average molecular weight is 148 g/mol. The van der Waals surface area contributed by atoms with Gasteiger partial charge in [-0.15, -0.1) is 0 Å². The SMILES string of the molecule is OC[C@@H]1CC[C@@H](O)[C@H](O)O1. The number of hydrogen-bond donors (Lipinski definition) is 3. The molecule has 0 saturated carbocycles. The van der Waals surface area contributed by atoms with Crippen LogP contribution in [-0.2, 0) is 4.74 Å². The minimum absolute atomic E-state index is 0.0935. The van der Waals surface area contributed by atoms with Crippen molar-refractivity contribution in [3.8, 4) is 0 Å². The van der Waals surface area contributed by atoms with Gasteiger partial charge in [0.05, 0.1) is 12.7 Å². The molecule has 1 aliphatic heterocycles. The van der Waals surface area contributed by atoms with Gasteiger partial charge in [0, 0.05) is 0 Å². The lowest BCUT2D eigenvalue weighted by Gasteiger charge is -2.29. The molecule has 60 valence electrons. The smallest absolute Gasteiger partial charge is 0.181 e. The number of ether oxygens (including phenoxy) is 1. The predicted octanol–water partition coefficient (Wildman–Crippen LogP) is -1.16. The third kappa shape index (κ3) is 1.67. The molecule has 4 heteroatoms. The molecule has 0 amide bonds. The van der Waals surface area contributed by atoms with Crippen LogP contribution in [0.5, 0.6) is 0 Å². The summed E-state index contributed by atoms with van der Waals surface area (Å²) in [7, 11) is 0. The van der Waals surface area contributed by atoms with Crippen LogP contribution in [0.25, 0.3) is 0 Å². The highest BCUT2D eigenvalue weighted by Gasteiger charge is 2.27. The zero-order valence-electron chi connectivity index (χ0n) is 5.60. The molecule has 0 aromatic heterocycles. The van der Waals surface area contributed by atoms with Crippen LogP contribution < -0.4 is 0 Å². The van der Waals surface area contributed by atoms with Crippen molar-refractivity contribution < 1.29 is 20.1 Å². The van der Waals surface area contributed by atoms with Crippen molar-refractivity contribution in [2.24, 2.45) is 0 Å². The standard InChI is InChI=1S/C6H12O4/c7-3-4-1-2-5(8)6(9)10-4/h4-9H,1-3H2/t4-,5+,6+/m0/s1. The summed E-state index contributed by atoms with van der Waals surface area (Å²) in [6, 6.07) is 0. The lowest BCUT2D eigenvalue weighted by atomic mass is 10.1. The van der Waals surface area contributed by atoms with Crippen molar-refractivity contribution in [1.82, 2.24) is 0 Å². The Morgan fingerprint density at radius 2 is 2.00 bits per heavy atom. The molecule has 1 heterocycles. The van der Waals surface area contributed by atoms with Crippen molar-refractivity contribution in [3.05, 3.63) is 0 Å². The highest BCUT2D eigenvalue weighted by molar-refractivity contribution is 4.70. The summed E-state index contributed by atoms with van der Waals surface area (Å²) in [4.78, 5) is 0. The third-order valence-corrected chi connectivity index (χ3v) is 1.65. The van der Waals surface area contributed by atoms with Crippen LogP contribution in [0.15, 0.2) is 0 Å². The minimum Gasteiger partial charge on any atom is -0.394 e. The van der Waals surface area contributed by atoms with Crippen molar-refractivity contribution in [1.29, 1.82) is 0 Å². The molecular formula is C6H12O4. The molecule has 0 spiro atoms. The lowest BCUT2D eigenvalue weighted by molar-refractivity contribution is -0.221. The average Bonchev–Trinajstić information content (AvgIpc) is 1.95. The largest absolute Gasteiger partial charge is 0.394 e. The summed E-state index contributed by atoms with van der Waals surface area (Å²) in [5.74, 6) is 0. The number of rotatable bonds is 1. The van der Waals surface area contributed by atoms with Gasteiger partial charge in [0.15, 0.2) is 6.29 Å². The Morgan fingerprint density at radius 3 is 2.50 bits per heavy atom. The minimum atomic E-state index is -1.12. The predicted molar refractivity (Wildman–Crippen MR) is 33.2 cm³/mol. The number of hydrogen-bond acceptors (Lipinski definition) is 4. The fourth-order valence-corrected chi connectivity index (χ4v) is 0.989. The van der Waals surface area contributed by atoms with E-state index in [1.807, 2.05) is 0 Å². The molecule has 3 N–H and O–H groups in total. The third-order valence-electron chi connectivity index (χ3n) is 1.65. The summed E-state index contributed by atoms with van der Waals surface area (Å²) in [5.41, 5.74) is 0. The summed E-state index contributed by atoms with van der Waals surface area (Å²) < 4.78 is 4.80. The first kappa shape index (κ1) is 7.94. The Kier molecular flexibility index (Phi) is 2.62. The maximum atomic E-state index is 8.93. The van der Waals surface area contributed by atoms with E-state index in [0.29, 0.717) is 12.8 Å². The van der Waals surface area contributed by atoms with Crippen LogP contribution in [0.3, 0.4) is 0 Å². The van der Waals surface area contributed by atoms with Crippen LogP contribution in [-0.4, -0.2) is 40.4 Å². The summed E-state index contributed by atoms with van der Waals surface area (Å²) in [6.45, 7) is -0.0935. The van der Waals surface area contributed by atoms with E-state index in [1.165, 1.54) is 0 Å². The van der Waals surface area contributed by atoms with E-state index in [4.69, 9.17) is 20.1 Å². The zero-order valence-corrected chi connectivity index (χ0v) is 5.60. The van der Waals surface area contributed by atoms with Crippen molar-refractivity contribution in [2.75, 3.05) is 6.61 Å². The molecule has 0 aliphatic carbocycles. The first-order chi connectivity index (χ1) is 4.74. The summed E-state index contributed by atoms with van der Waals surface area (Å²) in [5, 5.41) is 26.4. The Bertz CT molecular complexity index is 106. The van der Waals surface area contributed by atoms with Crippen molar-refractivity contribution in [2.45, 2.75) is 31.3 Å². The maximum Gasteiger partial charge on any atom is 0.181 e. The van der Waals surface area contributed by atoms with Gasteiger partial charge in [-0.3, -0.25) is 0 Å². The Morgan fingerprint density at radius 1 is 1.30 bits per heavy atom. The van der Waals surface area contributed by atoms with Crippen LogP contribution in [0.1, 0.15) is 12.8 Å². The van der Waals surface area contributed by atoms with Gasteiger partial charge in [0.1, 0.15) is 6.10 Å². The molecule has 0 aromatic carbocycles. The number of aliphatic hydroxyl groups is 3. The van der Waals surface area contributed by atoms with Gasteiger partial charge < -0.3 is 20.1 Å². The van der Waals surface area contributed by atoms with Gasteiger partial charge in [-0.2, -0.15) is 0 Å². The highest BCUT2D eigenvalue weighted by atomic mass is 16.6. The Hall–Kier alpha value is -0.160. The van der Waals surface area contributed by atoms with Gasteiger partial charge >= 0.3 is 0 Å². The van der Waals surface area contributed by atoms with Crippen LogP contribution in [0.2, 0.25) is 0 Å². The first-order valence-corrected chi connectivity index (χ1v) is 3.36. The van der Waals surface area contributed by atoms with Gasteiger partial charge in [0.2, 0.25) is 0 Å². The van der Waals surface area contributed by atoms with Crippen molar-refractivity contribution >= 4 is 0 Å². The van der Waals surface area contributed by atoms with E-state index in [-0.39, 0.29) is 12.7 Å². The normalized spacial score (nSPS) is 41.7. The molecule has 1 fully saturated rings. The molecule has 10 heavy (non-hydrogen) atoms. The fourth-order valence-electron chi connectivity index (χ4n) is 0.989. The molecule has 0 aromatic rings. The van der Waals surface area contributed by atoms with Crippen molar-refractivity contribution in [3.63, 3.8) is 0 Å². The van der Waals surface area contributed by atoms with E-state index in [2.05, 4.69) is 0 Å². The Labute approximate surface area is 59.1 Å². The second-order valence-electron chi connectivity index (χ2n) is 2.48. The molecule has 3 atom stereocenters. The van der Waals surface area contributed by atoms with E-state index in [9.17, 15) is 0 Å². The second kappa shape index (κ2) is 3.30. The molecule has 0 bridgehead atoms. The zero-order chi connectivity index (χ0) is 7.56. The van der Waals surface area contributed by atoms with Gasteiger partial charge in [-0.25, -0.2) is 0 Å².